The Morgan fingerprint density at radius 3 is 2.77 bits per heavy atom. The third-order valence-electron chi connectivity index (χ3n) is 3.71. The van der Waals surface area contributed by atoms with Gasteiger partial charge in [-0.25, -0.2) is 0 Å². The van der Waals surface area contributed by atoms with Crippen LogP contribution in [0.25, 0.3) is 0 Å². The zero-order valence-corrected chi connectivity index (χ0v) is 13.2. The molecule has 0 N–H and O–H groups in total. The normalized spacial score (nSPS) is 15.9. The molecule has 0 saturated carbocycles. The molecule has 3 nitrogen and oxygen atoms in total. The Bertz CT molecular complexity index is 716. The van der Waals surface area contributed by atoms with Gasteiger partial charge in [0.25, 0.3) is 0 Å². The zero-order valence-electron chi connectivity index (χ0n) is 13.2. The predicted molar refractivity (Wildman–Crippen MR) is 85.6 cm³/mol. The standard InChI is InChI=1S/C19H20O3/c1-13-5-4-6-14(9-13)12-21-15-7-8-16-17(20)11-19(2,3)22-18(16)10-15/h4-10H,11-12H2,1-3H3. The highest BCUT2D eigenvalue weighted by atomic mass is 16.5. The van der Waals surface area contributed by atoms with Crippen LogP contribution in [0, 0.1) is 6.92 Å². The highest BCUT2D eigenvalue weighted by molar-refractivity contribution is 6.00. The Balaban J connectivity index is 1.78. The van der Waals surface area contributed by atoms with Crippen molar-refractivity contribution in [3.05, 3.63) is 59.2 Å². The van der Waals surface area contributed by atoms with Gasteiger partial charge in [0.2, 0.25) is 0 Å². The van der Waals surface area contributed by atoms with Gasteiger partial charge in [0.15, 0.2) is 5.78 Å². The van der Waals surface area contributed by atoms with Crippen LogP contribution in [0.3, 0.4) is 0 Å². The first kappa shape index (κ1) is 14.6. The number of hydrogen-bond donors (Lipinski definition) is 0. The summed E-state index contributed by atoms with van der Waals surface area (Å²) in [5, 5.41) is 0. The molecule has 0 unspecified atom stereocenters. The fourth-order valence-electron chi connectivity index (χ4n) is 2.69. The van der Waals surface area contributed by atoms with Gasteiger partial charge < -0.3 is 9.47 Å². The van der Waals surface area contributed by atoms with Gasteiger partial charge in [-0.15, -0.1) is 0 Å². The third-order valence-corrected chi connectivity index (χ3v) is 3.71. The van der Waals surface area contributed by atoms with E-state index in [2.05, 4.69) is 19.1 Å². The predicted octanol–water partition coefficient (Wildman–Crippen LogP) is 4.32. The first-order chi connectivity index (χ1) is 10.4. The molecule has 0 saturated heterocycles. The summed E-state index contributed by atoms with van der Waals surface area (Å²) in [6, 6.07) is 13.6. The van der Waals surface area contributed by atoms with Crippen molar-refractivity contribution in [2.45, 2.75) is 39.4 Å². The Labute approximate surface area is 130 Å². The number of carbonyl (C=O) groups is 1. The van der Waals surface area contributed by atoms with E-state index in [0.717, 1.165) is 5.56 Å². The number of hydrogen-bond acceptors (Lipinski definition) is 3. The fraction of sp³-hybridized carbons (Fsp3) is 0.316. The molecule has 1 aliphatic heterocycles. The molecule has 0 atom stereocenters. The molecule has 114 valence electrons. The van der Waals surface area contributed by atoms with Gasteiger partial charge in [-0.3, -0.25) is 4.79 Å². The molecule has 0 aromatic heterocycles. The number of ether oxygens (including phenoxy) is 2. The van der Waals surface area contributed by atoms with Gasteiger partial charge in [-0.1, -0.05) is 29.8 Å². The third kappa shape index (κ3) is 3.14. The molecule has 3 heteroatoms. The van der Waals surface area contributed by atoms with E-state index in [1.165, 1.54) is 5.56 Å². The van der Waals surface area contributed by atoms with E-state index in [1.54, 1.807) is 6.07 Å². The Kier molecular flexibility index (Phi) is 3.65. The average molecular weight is 296 g/mol. The number of ketones is 1. The van der Waals surface area contributed by atoms with Crippen molar-refractivity contribution in [1.29, 1.82) is 0 Å². The van der Waals surface area contributed by atoms with Gasteiger partial charge in [-0.2, -0.15) is 0 Å². The number of carbonyl (C=O) groups excluding carboxylic acids is 1. The molecule has 0 fully saturated rings. The van der Waals surface area contributed by atoms with Crippen LogP contribution in [0.5, 0.6) is 11.5 Å². The summed E-state index contributed by atoms with van der Waals surface area (Å²) in [4.78, 5) is 12.1. The maximum Gasteiger partial charge on any atom is 0.170 e. The van der Waals surface area contributed by atoms with Crippen molar-refractivity contribution in [3.63, 3.8) is 0 Å². The van der Waals surface area contributed by atoms with Crippen molar-refractivity contribution in [3.8, 4) is 11.5 Å². The van der Waals surface area contributed by atoms with Crippen LogP contribution in [-0.2, 0) is 6.61 Å². The van der Waals surface area contributed by atoms with Gasteiger partial charge in [-0.05, 0) is 38.5 Å². The van der Waals surface area contributed by atoms with Crippen molar-refractivity contribution in [2.24, 2.45) is 0 Å². The summed E-state index contributed by atoms with van der Waals surface area (Å²) >= 11 is 0. The number of Topliss-reactive ketones (excluding diaryl/α,β-unsaturated/α-hetero) is 1. The van der Waals surface area contributed by atoms with Gasteiger partial charge in [0.05, 0.1) is 12.0 Å². The Hall–Kier alpha value is -2.29. The molecule has 0 bridgehead atoms. The largest absolute Gasteiger partial charge is 0.489 e. The van der Waals surface area contributed by atoms with E-state index in [4.69, 9.17) is 9.47 Å². The van der Waals surface area contributed by atoms with Crippen LogP contribution < -0.4 is 9.47 Å². The van der Waals surface area contributed by atoms with Gasteiger partial charge in [0, 0.05) is 6.07 Å². The van der Waals surface area contributed by atoms with Crippen LogP contribution in [0.1, 0.15) is 41.8 Å². The monoisotopic (exact) mass is 296 g/mol. The molecule has 0 aliphatic carbocycles. The van der Waals surface area contributed by atoms with Crippen molar-refractivity contribution >= 4 is 5.78 Å². The minimum atomic E-state index is -0.459. The molecular weight excluding hydrogens is 276 g/mol. The Morgan fingerprint density at radius 2 is 2.00 bits per heavy atom. The fourth-order valence-corrected chi connectivity index (χ4v) is 2.69. The number of rotatable bonds is 3. The van der Waals surface area contributed by atoms with Crippen LogP contribution in [0.4, 0.5) is 0 Å². The summed E-state index contributed by atoms with van der Waals surface area (Å²) in [5.74, 6) is 1.45. The van der Waals surface area contributed by atoms with Crippen LogP contribution in [-0.4, -0.2) is 11.4 Å². The maximum atomic E-state index is 12.1. The molecule has 22 heavy (non-hydrogen) atoms. The van der Waals surface area contributed by atoms with E-state index in [9.17, 15) is 4.79 Å². The molecule has 0 spiro atoms. The molecule has 1 heterocycles. The molecule has 2 aromatic rings. The summed E-state index contributed by atoms with van der Waals surface area (Å²) in [6.45, 7) is 6.41. The topological polar surface area (TPSA) is 35.5 Å². The summed E-state index contributed by atoms with van der Waals surface area (Å²) in [6.07, 6.45) is 0.406. The zero-order chi connectivity index (χ0) is 15.7. The lowest BCUT2D eigenvalue weighted by Crippen LogP contribution is -2.35. The van der Waals surface area contributed by atoms with E-state index in [-0.39, 0.29) is 5.78 Å². The van der Waals surface area contributed by atoms with Crippen LogP contribution in [0.2, 0.25) is 0 Å². The summed E-state index contributed by atoms with van der Waals surface area (Å²) < 4.78 is 11.7. The Morgan fingerprint density at radius 1 is 1.18 bits per heavy atom. The molecule has 0 amide bonds. The van der Waals surface area contributed by atoms with Crippen molar-refractivity contribution < 1.29 is 14.3 Å². The first-order valence-corrected chi connectivity index (χ1v) is 7.48. The molecule has 3 rings (SSSR count). The average Bonchev–Trinajstić information content (AvgIpc) is 2.43. The van der Waals surface area contributed by atoms with Gasteiger partial charge >= 0.3 is 0 Å². The lowest BCUT2D eigenvalue weighted by molar-refractivity contribution is 0.0618. The van der Waals surface area contributed by atoms with Crippen molar-refractivity contribution in [2.75, 3.05) is 0 Å². The molecule has 2 aromatic carbocycles. The summed E-state index contributed by atoms with van der Waals surface area (Å²) in [7, 11) is 0. The van der Waals surface area contributed by atoms with Crippen LogP contribution >= 0.6 is 0 Å². The highest BCUT2D eigenvalue weighted by Crippen LogP contribution is 2.35. The first-order valence-electron chi connectivity index (χ1n) is 7.48. The quantitative estimate of drug-likeness (QED) is 0.846. The lowest BCUT2D eigenvalue weighted by Gasteiger charge is -2.31. The molecule has 0 radical (unpaired) electrons. The minimum Gasteiger partial charge on any atom is -0.489 e. The van der Waals surface area contributed by atoms with E-state index in [1.807, 2.05) is 38.1 Å². The minimum absolute atomic E-state index is 0.122. The SMILES string of the molecule is Cc1cccc(COc2ccc3c(c2)OC(C)(C)CC3=O)c1. The van der Waals surface area contributed by atoms with Crippen LogP contribution in [0.15, 0.2) is 42.5 Å². The smallest absolute Gasteiger partial charge is 0.170 e. The lowest BCUT2D eigenvalue weighted by atomic mass is 9.93. The second-order valence-corrected chi connectivity index (χ2v) is 6.40. The number of benzene rings is 2. The van der Waals surface area contributed by atoms with E-state index >= 15 is 0 Å². The number of aryl methyl sites for hydroxylation is 1. The molecule has 1 aliphatic rings. The highest BCUT2D eigenvalue weighted by Gasteiger charge is 2.32. The van der Waals surface area contributed by atoms with Crippen molar-refractivity contribution in [1.82, 2.24) is 0 Å². The maximum absolute atomic E-state index is 12.1. The van der Waals surface area contributed by atoms with E-state index in [0.29, 0.717) is 30.1 Å². The number of fused-ring (bicyclic) bond motifs is 1. The van der Waals surface area contributed by atoms with Gasteiger partial charge in [0.1, 0.15) is 23.7 Å². The van der Waals surface area contributed by atoms with E-state index < -0.39 is 5.60 Å². The second-order valence-electron chi connectivity index (χ2n) is 6.40. The molecular formula is C19H20O3. The summed E-state index contributed by atoms with van der Waals surface area (Å²) in [5.41, 5.74) is 2.51. The second kappa shape index (κ2) is 5.48.